The van der Waals surface area contributed by atoms with Gasteiger partial charge in [-0.05, 0) is 18.2 Å². The maximum absolute atomic E-state index is 12.8. The van der Waals surface area contributed by atoms with Crippen LogP contribution in [0.5, 0.6) is 0 Å². The van der Waals surface area contributed by atoms with Crippen LogP contribution in [0.4, 0.5) is 4.39 Å². The molecule has 1 unspecified atom stereocenters. The lowest BCUT2D eigenvalue weighted by molar-refractivity contribution is 0.315. The van der Waals surface area contributed by atoms with E-state index in [4.69, 9.17) is 10.9 Å². The van der Waals surface area contributed by atoms with Gasteiger partial charge in [0, 0.05) is 16.6 Å². The molecule has 0 saturated carbocycles. The lowest BCUT2D eigenvalue weighted by atomic mass is 10.2. The van der Waals surface area contributed by atoms with Crippen LogP contribution >= 0.6 is 11.8 Å². The maximum Gasteiger partial charge on any atom is 0.142 e. The lowest BCUT2D eigenvalue weighted by Gasteiger charge is -2.08. The first kappa shape index (κ1) is 11.8. The molecule has 0 amide bonds. The molecule has 0 bridgehead atoms. The largest absolute Gasteiger partial charge is 0.409 e. The second-order valence-electron chi connectivity index (χ2n) is 3.19. The molecule has 0 spiro atoms. The van der Waals surface area contributed by atoms with E-state index in [1.54, 1.807) is 6.07 Å². The fourth-order valence-corrected chi connectivity index (χ4v) is 1.95. The third-order valence-corrected chi connectivity index (χ3v) is 3.17. The highest BCUT2D eigenvalue weighted by molar-refractivity contribution is 7.99. The minimum atomic E-state index is -0.253. The summed E-state index contributed by atoms with van der Waals surface area (Å²) in [5.74, 6) is 0.554. The zero-order chi connectivity index (χ0) is 11.3. The van der Waals surface area contributed by atoms with E-state index in [2.05, 4.69) is 5.16 Å². The summed E-state index contributed by atoms with van der Waals surface area (Å²) < 4.78 is 12.8. The van der Waals surface area contributed by atoms with Gasteiger partial charge in [0.25, 0.3) is 0 Å². The number of oxime groups is 1. The van der Waals surface area contributed by atoms with Crippen molar-refractivity contribution in [2.75, 3.05) is 5.75 Å². The molecule has 0 heterocycles. The van der Waals surface area contributed by atoms with E-state index in [1.165, 1.54) is 23.9 Å². The van der Waals surface area contributed by atoms with Gasteiger partial charge in [0.05, 0.1) is 0 Å². The van der Waals surface area contributed by atoms with Crippen LogP contribution < -0.4 is 5.73 Å². The van der Waals surface area contributed by atoms with Crippen LogP contribution in [0.3, 0.4) is 0 Å². The van der Waals surface area contributed by atoms with E-state index in [-0.39, 0.29) is 17.6 Å². The molecule has 0 aliphatic heterocycles. The average Bonchev–Trinajstić information content (AvgIpc) is 2.25. The highest BCUT2D eigenvalue weighted by atomic mass is 32.2. The predicted molar refractivity (Wildman–Crippen MR) is 59.7 cm³/mol. The topological polar surface area (TPSA) is 58.6 Å². The standard InChI is InChI=1S/C10H13FN2OS/c1-7(10(12)13-14)6-15-9-4-2-3-8(11)5-9/h2-5,7,14H,6H2,1H3,(H2,12,13). The monoisotopic (exact) mass is 228 g/mol. The minimum Gasteiger partial charge on any atom is -0.409 e. The molecule has 1 atom stereocenters. The summed E-state index contributed by atoms with van der Waals surface area (Å²) >= 11 is 1.47. The van der Waals surface area contributed by atoms with Crippen LogP contribution in [0, 0.1) is 11.7 Å². The van der Waals surface area contributed by atoms with Gasteiger partial charge in [0.15, 0.2) is 0 Å². The Bertz CT molecular complexity index is 357. The molecule has 3 N–H and O–H groups in total. The molecule has 5 heteroatoms. The SMILES string of the molecule is CC(CSc1cccc(F)c1)C(N)=NO. The first-order valence-electron chi connectivity index (χ1n) is 4.49. The average molecular weight is 228 g/mol. The smallest absolute Gasteiger partial charge is 0.142 e. The number of benzene rings is 1. The van der Waals surface area contributed by atoms with Gasteiger partial charge in [-0.1, -0.05) is 18.1 Å². The molecule has 0 saturated heterocycles. The number of hydrogen-bond acceptors (Lipinski definition) is 3. The van der Waals surface area contributed by atoms with Crippen molar-refractivity contribution < 1.29 is 9.60 Å². The van der Waals surface area contributed by atoms with Crippen molar-refractivity contribution in [2.24, 2.45) is 16.8 Å². The Morgan fingerprint density at radius 1 is 1.67 bits per heavy atom. The van der Waals surface area contributed by atoms with E-state index in [1.807, 2.05) is 13.0 Å². The van der Waals surface area contributed by atoms with Crippen LogP contribution in [0.2, 0.25) is 0 Å². The van der Waals surface area contributed by atoms with E-state index in [9.17, 15) is 4.39 Å². The van der Waals surface area contributed by atoms with Crippen molar-refractivity contribution >= 4 is 17.6 Å². The second kappa shape index (κ2) is 5.60. The van der Waals surface area contributed by atoms with Gasteiger partial charge in [0.1, 0.15) is 11.7 Å². The Morgan fingerprint density at radius 3 is 3.00 bits per heavy atom. The van der Waals surface area contributed by atoms with Gasteiger partial charge < -0.3 is 10.9 Å². The Labute approximate surface area is 92.2 Å². The summed E-state index contributed by atoms with van der Waals surface area (Å²) in [5, 5.41) is 11.4. The van der Waals surface area contributed by atoms with Crippen LogP contribution in [-0.4, -0.2) is 16.8 Å². The molecule has 1 rings (SSSR count). The quantitative estimate of drug-likeness (QED) is 0.273. The van der Waals surface area contributed by atoms with Gasteiger partial charge in [-0.25, -0.2) is 4.39 Å². The zero-order valence-electron chi connectivity index (χ0n) is 8.35. The lowest BCUT2D eigenvalue weighted by Crippen LogP contribution is -2.22. The third kappa shape index (κ3) is 3.79. The summed E-state index contributed by atoms with van der Waals surface area (Å²) in [4.78, 5) is 0.840. The van der Waals surface area contributed by atoms with E-state index in [0.717, 1.165) is 4.90 Å². The predicted octanol–water partition coefficient (Wildman–Crippen LogP) is 2.30. The number of halogens is 1. The zero-order valence-corrected chi connectivity index (χ0v) is 9.17. The van der Waals surface area contributed by atoms with Crippen LogP contribution in [0.15, 0.2) is 34.3 Å². The van der Waals surface area contributed by atoms with Gasteiger partial charge in [0.2, 0.25) is 0 Å². The highest BCUT2D eigenvalue weighted by Crippen LogP contribution is 2.21. The van der Waals surface area contributed by atoms with Crippen molar-refractivity contribution in [3.8, 4) is 0 Å². The van der Waals surface area contributed by atoms with Gasteiger partial charge >= 0.3 is 0 Å². The number of hydrogen-bond donors (Lipinski definition) is 2. The molecular weight excluding hydrogens is 215 g/mol. The van der Waals surface area contributed by atoms with Gasteiger partial charge in [-0.3, -0.25) is 0 Å². The van der Waals surface area contributed by atoms with Crippen LogP contribution in [-0.2, 0) is 0 Å². The molecule has 3 nitrogen and oxygen atoms in total. The number of nitrogens with two attached hydrogens (primary N) is 1. The van der Waals surface area contributed by atoms with Crippen molar-refractivity contribution in [1.82, 2.24) is 0 Å². The maximum atomic E-state index is 12.8. The summed E-state index contributed by atoms with van der Waals surface area (Å²) in [6.07, 6.45) is 0. The Hall–Kier alpha value is -1.23. The first-order chi connectivity index (χ1) is 7.13. The molecule has 0 fully saturated rings. The van der Waals surface area contributed by atoms with Crippen molar-refractivity contribution in [2.45, 2.75) is 11.8 Å². The van der Waals surface area contributed by atoms with Gasteiger partial charge in [-0.2, -0.15) is 0 Å². The highest BCUT2D eigenvalue weighted by Gasteiger charge is 2.08. The molecule has 0 aliphatic carbocycles. The van der Waals surface area contributed by atoms with Crippen LogP contribution in [0.25, 0.3) is 0 Å². The summed E-state index contributed by atoms with van der Waals surface area (Å²) in [7, 11) is 0. The number of thioether (sulfide) groups is 1. The Morgan fingerprint density at radius 2 is 2.40 bits per heavy atom. The normalized spacial score (nSPS) is 13.9. The van der Waals surface area contributed by atoms with Crippen LogP contribution in [0.1, 0.15) is 6.92 Å². The number of nitrogens with zero attached hydrogens (tertiary/aromatic N) is 1. The molecule has 0 aromatic heterocycles. The summed E-state index contributed by atoms with van der Waals surface area (Å²) in [6, 6.07) is 6.35. The molecule has 1 aromatic carbocycles. The van der Waals surface area contributed by atoms with Crippen molar-refractivity contribution in [1.29, 1.82) is 0 Å². The fraction of sp³-hybridized carbons (Fsp3) is 0.300. The molecule has 1 aromatic rings. The summed E-state index contributed by atoms with van der Waals surface area (Å²) in [6.45, 7) is 1.85. The van der Waals surface area contributed by atoms with E-state index in [0.29, 0.717) is 5.75 Å². The second-order valence-corrected chi connectivity index (χ2v) is 4.29. The van der Waals surface area contributed by atoms with E-state index < -0.39 is 0 Å². The molecular formula is C10H13FN2OS. The molecule has 15 heavy (non-hydrogen) atoms. The molecule has 82 valence electrons. The summed E-state index contributed by atoms with van der Waals surface area (Å²) in [5.41, 5.74) is 5.42. The van der Waals surface area contributed by atoms with E-state index >= 15 is 0 Å². The Kier molecular flexibility index (Phi) is 4.42. The van der Waals surface area contributed by atoms with Crippen molar-refractivity contribution in [3.05, 3.63) is 30.1 Å². The minimum absolute atomic E-state index is 0.0386. The fourth-order valence-electron chi connectivity index (χ4n) is 0.962. The molecule has 0 radical (unpaired) electrons. The number of amidine groups is 1. The Balaban J connectivity index is 2.50. The van der Waals surface area contributed by atoms with Crippen molar-refractivity contribution in [3.63, 3.8) is 0 Å². The first-order valence-corrected chi connectivity index (χ1v) is 5.48. The third-order valence-electron chi connectivity index (χ3n) is 1.92. The molecule has 0 aliphatic rings. The number of rotatable bonds is 4. The van der Waals surface area contributed by atoms with Gasteiger partial charge in [-0.15, -0.1) is 11.8 Å².